The van der Waals surface area contributed by atoms with E-state index < -0.39 is 0 Å². The summed E-state index contributed by atoms with van der Waals surface area (Å²) < 4.78 is 4.88. The molecule has 0 fully saturated rings. The molecule has 1 aromatic heterocycles. The molecule has 1 heterocycles. The molecule has 2 N–H and O–H groups in total. The fraction of sp³-hybridized carbons (Fsp3) is 0.400. The van der Waals surface area contributed by atoms with Crippen LogP contribution in [0.15, 0.2) is 23.0 Å². The van der Waals surface area contributed by atoms with Crippen molar-refractivity contribution in [2.45, 2.75) is 6.04 Å². The number of methoxy groups -OCH3 is 1. The van der Waals surface area contributed by atoms with Gasteiger partial charge >= 0.3 is 0 Å². The van der Waals surface area contributed by atoms with Gasteiger partial charge in [0.05, 0.1) is 12.6 Å². The van der Waals surface area contributed by atoms with Crippen LogP contribution in [-0.2, 0) is 4.74 Å². The maximum atomic E-state index is 11.6. The number of ether oxygens (including phenoxy) is 1. The molecular weight excluding hydrogens is 232 g/mol. The van der Waals surface area contributed by atoms with E-state index >= 15 is 0 Å². The normalized spacial score (nSPS) is 12.1. The van der Waals surface area contributed by atoms with E-state index in [1.807, 2.05) is 0 Å². The molecule has 0 aliphatic heterocycles. The van der Waals surface area contributed by atoms with E-state index in [4.69, 9.17) is 16.3 Å². The Bertz CT molecular complexity index is 405. The number of carbonyl (C=O) groups is 1. The molecule has 1 atom stereocenters. The van der Waals surface area contributed by atoms with Gasteiger partial charge in [-0.2, -0.15) is 0 Å². The van der Waals surface area contributed by atoms with E-state index in [1.54, 1.807) is 0 Å². The minimum Gasteiger partial charge on any atom is -0.383 e. The smallest absolute Gasteiger partial charge is 0.268 e. The van der Waals surface area contributed by atoms with Gasteiger partial charge in [-0.25, -0.2) is 0 Å². The molecule has 0 bridgehead atoms. The van der Waals surface area contributed by atoms with Crippen molar-refractivity contribution in [1.29, 1.82) is 0 Å². The molecule has 88 valence electrons. The molecule has 1 unspecified atom stereocenters. The van der Waals surface area contributed by atoms with Gasteiger partial charge in [-0.1, -0.05) is 6.07 Å². The molecule has 0 spiro atoms. The fourth-order valence-electron chi connectivity index (χ4n) is 1.17. The van der Waals surface area contributed by atoms with Crippen molar-refractivity contribution in [3.8, 4) is 0 Å². The minimum atomic E-state index is -0.375. The predicted octanol–water partition coefficient (Wildman–Crippen LogP) is 0.359. The number of H-pyrrole nitrogens is 1. The molecule has 6 heteroatoms. The molecule has 0 radical (unpaired) electrons. The van der Waals surface area contributed by atoms with Crippen LogP contribution in [0.1, 0.15) is 10.5 Å². The van der Waals surface area contributed by atoms with Gasteiger partial charge in [-0.05, 0) is 6.07 Å². The number of alkyl halides is 1. The summed E-state index contributed by atoms with van der Waals surface area (Å²) in [6.45, 7) is 0.326. The topological polar surface area (TPSA) is 71.2 Å². The maximum absolute atomic E-state index is 11.6. The number of aromatic nitrogens is 1. The van der Waals surface area contributed by atoms with Crippen LogP contribution in [0.3, 0.4) is 0 Å². The van der Waals surface area contributed by atoms with Crippen LogP contribution in [0, 0.1) is 0 Å². The van der Waals surface area contributed by atoms with E-state index in [2.05, 4.69) is 10.3 Å². The highest BCUT2D eigenvalue weighted by Gasteiger charge is 2.12. The lowest BCUT2D eigenvalue weighted by Gasteiger charge is -2.14. The first-order valence-electron chi connectivity index (χ1n) is 4.72. The Morgan fingerprint density at radius 2 is 2.38 bits per heavy atom. The van der Waals surface area contributed by atoms with Gasteiger partial charge in [0.25, 0.3) is 5.91 Å². The van der Waals surface area contributed by atoms with Gasteiger partial charge < -0.3 is 15.0 Å². The molecule has 0 saturated carbocycles. The summed E-state index contributed by atoms with van der Waals surface area (Å²) in [5.41, 5.74) is -0.111. The number of pyridine rings is 1. The summed E-state index contributed by atoms with van der Waals surface area (Å²) in [6.07, 6.45) is 0. The number of hydrogen-bond acceptors (Lipinski definition) is 3. The fourth-order valence-corrected chi connectivity index (χ4v) is 1.34. The lowest BCUT2D eigenvalue weighted by Crippen LogP contribution is -2.40. The van der Waals surface area contributed by atoms with Crippen molar-refractivity contribution in [3.05, 3.63) is 34.2 Å². The number of aromatic amines is 1. The van der Waals surface area contributed by atoms with Gasteiger partial charge in [0.2, 0.25) is 5.56 Å². The first kappa shape index (κ1) is 12.7. The van der Waals surface area contributed by atoms with Crippen LogP contribution in [-0.4, -0.2) is 36.5 Å². The Morgan fingerprint density at radius 3 is 2.94 bits per heavy atom. The SMILES string of the molecule is COCC(CCl)NC(=O)c1cccc(=O)[nH]1. The number of rotatable bonds is 5. The first-order valence-corrected chi connectivity index (χ1v) is 5.26. The van der Waals surface area contributed by atoms with Gasteiger partial charge in [0.15, 0.2) is 0 Å². The van der Waals surface area contributed by atoms with Crippen LogP contribution < -0.4 is 10.9 Å². The highest BCUT2D eigenvalue weighted by molar-refractivity contribution is 6.18. The van der Waals surface area contributed by atoms with Crippen molar-refractivity contribution in [2.24, 2.45) is 0 Å². The minimum absolute atomic E-state index is 0.207. The molecule has 0 aromatic carbocycles. The monoisotopic (exact) mass is 244 g/mol. The van der Waals surface area contributed by atoms with Gasteiger partial charge in [0, 0.05) is 19.1 Å². The molecule has 0 aliphatic carbocycles. The average Bonchev–Trinajstić information content (AvgIpc) is 2.28. The van der Waals surface area contributed by atoms with E-state index in [1.165, 1.54) is 25.3 Å². The summed E-state index contributed by atoms with van der Waals surface area (Å²) in [7, 11) is 1.52. The van der Waals surface area contributed by atoms with Gasteiger partial charge in [0.1, 0.15) is 5.69 Å². The molecule has 1 aromatic rings. The standard InChI is InChI=1S/C10H13ClN2O3/c1-16-6-7(5-11)12-10(15)8-3-2-4-9(14)13-8/h2-4,7H,5-6H2,1H3,(H,12,15)(H,13,14). The summed E-state index contributed by atoms with van der Waals surface area (Å²) >= 11 is 5.64. The van der Waals surface area contributed by atoms with E-state index in [-0.39, 0.29) is 29.1 Å². The number of carbonyl (C=O) groups excluding carboxylic acids is 1. The first-order chi connectivity index (χ1) is 7.67. The van der Waals surface area contributed by atoms with Crippen molar-refractivity contribution in [3.63, 3.8) is 0 Å². The summed E-state index contributed by atoms with van der Waals surface area (Å²) in [6, 6.07) is 4.10. The second-order valence-electron chi connectivity index (χ2n) is 3.21. The highest BCUT2D eigenvalue weighted by Crippen LogP contribution is 1.94. The van der Waals surface area contributed by atoms with E-state index in [0.29, 0.717) is 6.61 Å². The Balaban J connectivity index is 2.67. The molecule has 1 amide bonds. The Hall–Kier alpha value is -1.33. The molecule has 0 aliphatic rings. The van der Waals surface area contributed by atoms with Crippen LogP contribution in [0.5, 0.6) is 0 Å². The molecular formula is C10H13ClN2O3. The third-order valence-corrected chi connectivity index (χ3v) is 2.27. The van der Waals surface area contributed by atoms with Gasteiger partial charge in [-0.15, -0.1) is 11.6 Å². The number of hydrogen-bond donors (Lipinski definition) is 2. The molecule has 16 heavy (non-hydrogen) atoms. The molecule has 0 saturated heterocycles. The van der Waals surface area contributed by atoms with Crippen molar-refractivity contribution in [1.82, 2.24) is 10.3 Å². The van der Waals surface area contributed by atoms with Gasteiger partial charge in [-0.3, -0.25) is 9.59 Å². The highest BCUT2D eigenvalue weighted by atomic mass is 35.5. The quantitative estimate of drug-likeness (QED) is 0.735. The van der Waals surface area contributed by atoms with Crippen molar-refractivity contribution < 1.29 is 9.53 Å². The van der Waals surface area contributed by atoms with Crippen LogP contribution in [0.4, 0.5) is 0 Å². The number of halogens is 1. The zero-order chi connectivity index (χ0) is 12.0. The molecule has 5 nitrogen and oxygen atoms in total. The third kappa shape index (κ3) is 3.67. The van der Waals surface area contributed by atoms with Crippen molar-refractivity contribution >= 4 is 17.5 Å². The van der Waals surface area contributed by atoms with Crippen LogP contribution in [0.25, 0.3) is 0 Å². The second kappa shape index (κ2) is 6.30. The van der Waals surface area contributed by atoms with E-state index in [0.717, 1.165) is 0 Å². The average molecular weight is 245 g/mol. The Kier molecular flexibility index (Phi) is 5.01. The van der Waals surface area contributed by atoms with E-state index in [9.17, 15) is 9.59 Å². The van der Waals surface area contributed by atoms with Crippen LogP contribution >= 0.6 is 11.6 Å². The zero-order valence-electron chi connectivity index (χ0n) is 8.83. The lowest BCUT2D eigenvalue weighted by atomic mass is 10.3. The third-order valence-electron chi connectivity index (χ3n) is 1.90. The van der Waals surface area contributed by atoms with Crippen molar-refractivity contribution in [2.75, 3.05) is 19.6 Å². The predicted molar refractivity (Wildman–Crippen MR) is 60.9 cm³/mol. The largest absolute Gasteiger partial charge is 0.383 e. The number of amides is 1. The lowest BCUT2D eigenvalue weighted by molar-refractivity contribution is 0.0901. The number of nitrogens with one attached hydrogen (secondary N) is 2. The maximum Gasteiger partial charge on any atom is 0.268 e. The van der Waals surface area contributed by atoms with Crippen LogP contribution in [0.2, 0.25) is 0 Å². The summed E-state index contributed by atoms with van der Waals surface area (Å²) in [5, 5.41) is 2.65. The second-order valence-corrected chi connectivity index (χ2v) is 3.52. The summed E-state index contributed by atoms with van der Waals surface area (Å²) in [4.78, 5) is 25.1. The zero-order valence-corrected chi connectivity index (χ0v) is 9.58. The summed E-state index contributed by atoms with van der Waals surface area (Å²) in [5.74, 6) is -0.128. The Morgan fingerprint density at radius 1 is 1.62 bits per heavy atom. The molecule has 1 rings (SSSR count). The Labute approximate surface area is 97.8 Å².